The smallest absolute Gasteiger partial charge is 0.121 e. The number of ether oxygens (including phenoxy) is 1. The van der Waals surface area contributed by atoms with Crippen LogP contribution in [0, 0.1) is 3.57 Å². The molecule has 0 radical (unpaired) electrons. The van der Waals surface area contributed by atoms with Crippen molar-refractivity contribution in [3.63, 3.8) is 0 Å². The van der Waals surface area contributed by atoms with Crippen LogP contribution in [0.5, 0.6) is 5.75 Å². The molecule has 0 saturated carbocycles. The van der Waals surface area contributed by atoms with E-state index < -0.39 is 0 Å². The quantitative estimate of drug-likeness (QED) is 0.802. The van der Waals surface area contributed by atoms with Gasteiger partial charge in [-0.05, 0) is 28.7 Å². The summed E-state index contributed by atoms with van der Waals surface area (Å²) in [4.78, 5) is 3.11. The third-order valence-electron chi connectivity index (χ3n) is 1.90. The molecule has 1 heterocycles. The van der Waals surface area contributed by atoms with Crippen molar-refractivity contribution < 1.29 is 4.74 Å². The SMILES string of the molecule is COc1cc(Cl)c2[nH]cc(I)c2c1. The van der Waals surface area contributed by atoms with Crippen LogP contribution in [-0.4, -0.2) is 12.1 Å². The second kappa shape index (κ2) is 3.38. The van der Waals surface area contributed by atoms with Gasteiger partial charge in [0, 0.05) is 21.2 Å². The van der Waals surface area contributed by atoms with Crippen LogP contribution in [0.15, 0.2) is 18.3 Å². The molecule has 1 N–H and O–H groups in total. The summed E-state index contributed by atoms with van der Waals surface area (Å²) in [5, 5.41) is 1.79. The molecule has 13 heavy (non-hydrogen) atoms. The molecule has 0 atom stereocenters. The predicted octanol–water partition coefficient (Wildman–Crippen LogP) is 3.43. The minimum absolute atomic E-state index is 0.692. The standard InChI is InChI=1S/C9H7ClINO/c1-13-5-2-6-8(11)4-12-9(6)7(10)3-5/h2-4,12H,1H3. The number of fused-ring (bicyclic) bond motifs is 1. The largest absolute Gasteiger partial charge is 0.497 e. The first-order chi connectivity index (χ1) is 6.22. The molecule has 0 spiro atoms. The van der Waals surface area contributed by atoms with Gasteiger partial charge in [-0.1, -0.05) is 11.6 Å². The van der Waals surface area contributed by atoms with E-state index >= 15 is 0 Å². The monoisotopic (exact) mass is 307 g/mol. The van der Waals surface area contributed by atoms with Gasteiger partial charge in [-0.3, -0.25) is 0 Å². The number of aromatic amines is 1. The lowest BCUT2D eigenvalue weighted by Gasteiger charge is -2.01. The molecule has 0 bridgehead atoms. The Labute approximate surface area is 94.4 Å². The molecular weight excluding hydrogens is 300 g/mol. The fourth-order valence-electron chi connectivity index (χ4n) is 1.25. The topological polar surface area (TPSA) is 25.0 Å². The number of halogens is 2. The van der Waals surface area contributed by atoms with E-state index in [0.717, 1.165) is 20.2 Å². The lowest BCUT2D eigenvalue weighted by molar-refractivity contribution is 0.415. The van der Waals surface area contributed by atoms with Gasteiger partial charge < -0.3 is 9.72 Å². The van der Waals surface area contributed by atoms with E-state index in [1.807, 2.05) is 12.3 Å². The van der Waals surface area contributed by atoms with E-state index in [1.54, 1.807) is 13.2 Å². The van der Waals surface area contributed by atoms with Crippen LogP contribution in [0.4, 0.5) is 0 Å². The Bertz CT molecular complexity index is 452. The molecule has 0 aliphatic heterocycles. The molecule has 68 valence electrons. The number of methoxy groups -OCH3 is 1. The maximum Gasteiger partial charge on any atom is 0.121 e. The van der Waals surface area contributed by atoms with Gasteiger partial charge in [0.05, 0.1) is 17.6 Å². The average Bonchev–Trinajstić information content (AvgIpc) is 2.48. The molecule has 2 aromatic rings. The second-order valence-electron chi connectivity index (χ2n) is 2.67. The number of rotatable bonds is 1. The predicted molar refractivity (Wildman–Crippen MR) is 62.6 cm³/mol. The lowest BCUT2D eigenvalue weighted by Crippen LogP contribution is -1.82. The van der Waals surface area contributed by atoms with Crippen LogP contribution in [0.3, 0.4) is 0 Å². The van der Waals surface area contributed by atoms with E-state index in [-0.39, 0.29) is 0 Å². The minimum atomic E-state index is 0.692. The number of aromatic nitrogens is 1. The minimum Gasteiger partial charge on any atom is -0.497 e. The summed E-state index contributed by atoms with van der Waals surface area (Å²) in [5.74, 6) is 0.787. The molecule has 0 unspecified atom stereocenters. The summed E-state index contributed by atoms with van der Waals surface area (Å²) in [6.45, 7) is 0. The van der Waals surface area contributed by atoms with E-state index in [1.165, 1.54) is 0 Å². The first-order valence-corrected chi connectivity index (χ1v) is 5.18. The highest BCUT2D eigenvalue weighted by atomic mass is 127. The fraction of sp³-hybridized carbons (Fsp3) is 0.111. The summed E-state index contributed by atoms with van der Waals surface area (Å²) >= 11 is 8.30. The molecule has 0 aliphatic carbocycles. The molecule has 1 aromatic carbocycles. The summed E-state index contributed by atoms with van der Waals surface area (Å²) in [7, 11) is 1.64. The number of H-pyrrole nitrogens is 1. The van der Waals surface area contributed by atoms with Crippen molar-refractivity contribution in [3.8, 4) is 5.75 Å². The Morgan fingerprint density at radius 3 is 2.92 bits per heavy atom. The maximum atomic E-state index is 6.04. The van der Waals surface area contributed by atoms with Crippen molar-refractivity contribution in [2.24, 2.45) is 0 Å². The Balaban J connectivity index is 2.80. The van der Waals surface area contributed by atoms with Crippen LogP contribution < -0.4 is 4.74 Å². The molecule has 0 saturated heterocycles. The first-order valence-electron chi connectivity index (χ1n) is 3.72. The van der Waals surface area contributed by atoms with Crippen LogP contribution in [-0.2, 0) is 0 Å². The first kappa shape index (κ1) is 9.15. The molecule has 2 nitrogen and oxygen atoms in total. The molecule has 0 aliphatic rings. The van der Waals surface area contributed by atoms with Crippen molar-refractivity contribution >= 4 is 45.1 Å². The van der Waals surface area contributed by atoms with E-state index in [0.29, 0.717) is 5.02 Å². The van der Waals surface area contributed by atoms with Crippen molar-refractivity contribution in [3.05, 3.63) is 26.9 Å². The normalized spacial score (nSPS) is 10.7. The van der Waals surface area contributed by atoms with Crippen molar-refractivity contribution in [1.29, 1.82) is 0 Å². The molecule has 2 rings (SSSR count). The zero-order valence-electron chi connectivity index (χ0n) is 6.90. The van der Waals surface area contributed by atoms with Gasteiger partial charge >= 0.3 is 0 Å². The molecular formula is C9H7ClINO. The fourth-order valence-corrected chi connectivity index (χ4v) is 2.09. The summed E-state index contributed by atoms with van der Waals surface area (Å²) < 4.78 is 6.27. The summed E-state index contributed by atoms with van der Waals surface area (Å²) in [6, 6.07) is 3.77. The zero-order valence-corrected chi connectivity index (χ0v) is 9.81. The molecule has 4 heteroatoms. The average molecular weight is 308 g/mol. The van der Waals surface area contributed by atoms with E-state index in [2.05, 4.69) is 27.6 Å². The van der Waals surface area contributed by atoms with Gasteiger partial charge in [0.25, 0.3) is 0 Å². The second-order valence-corrected chi connectivity index (χ2v) is 4.24. The highest BCUT2D eigenvalue weighted by Crippen LogP contribution is 2.30. The Morgan fingerprint density at radius 1 is 1.46 bits per heavy atom. The number of hydrogen-bond acceptors (Lipinski definition) is 1. The highest BCUT2D eigenvalue weighted by Gasteiger charge is 2.06. The van der Waals surface area contributed by atoms with Gasteiger partial charge in [0.15, 0.2) is 0 Å². The molecule has 0 fully saturated rings. The van der Waals surface area contributed by atoms with Gasteiger partial charge in [-0.2, -0.15) is 0 Å². The van der Waals surface area contributed by atoms with Crippen molar-refractivity contribution in [1.82, 2.24) is 4.98 Å². The van der Waals surface area contributed by atoms with Crippen molar-refractivity contribution in [2.75, 3.05) is 7.11 Å². The Morgan fingerprint density at radius 2 is 2.23 bits per heavy atom. The number of hydrogen-bond donors (Lipinski definition) is 1. The maximum absolute atomic E-state index is 6.04. The third kappa shape index (κ3) is 1.50. The summed E-state index contributed by atoms with van der Waals surface area (Å²) in [5.41, 5.74) is 0.965. The van der Waals surface area contributed by atoms with Crippen LogP contribution in [0.1, 0.15) is 0 Å². The molecule has 1 aromatic heterocycles. The van der Waals surface area contributed by atoms with Gasteiger partial charge in [0.2, 0.25) is 0 Å². The summed E-state index contributed by atoms with van der Waals surface area (Å²) in [6.07, 6.45) is 1.93. The Kier molecular flexibility index (Phi) is 2.38. The Hall–Kier alpha value is -0.420. The van der Waals surface area contributed by atoms with Crippen molar-refractivity contribution in [2.45, 2.75) is 0 Å². The molecule has 0 amide bonds. The highest BCUT2D eigenvalue weighted by molar-refractivity contribution is 14.1. The zero-order chi connectivity index (χ0) is 9.42. The number of benzene rings is 1. The van der Waals surface area contributed by atoms with Crippen LogP contribution in [0.2, 0.25) is 5.02 Å². The van der Waals surface area contributed by atoms with Gasteiger partial charge in [0.1, 0.15) is 5.75 Å². The third-order valence-corrected chi connectivity index (χ3v) is 3.09. The lowest BCUT2D eigenvalue weighted by atomic mass is 10.2. The van der Waals surface area contributed by atoms with E-state index in [9.17, 15) is 0 Å². The van der Waals surface area contributed by atoms with Crippen LogP contribution >= 0.6 is 34.2 Å². The van der Waals surface area contributed by atoms with E-state index in [4.69, 9.17) is 16.3 Å². The number of nitrogens with one attached hydrogen (secondary N) is 1. The van der Waals surface area contributed by atoms with Crippen LogP contribution in [0.25, 0.3) is 10.9 Å². The van der Waals surface area contributed by atoms with Gasteiger partial charge in [-0.15, -0.1) is 0 Å². The van der Waals surface area contributed by atoms with Gasteiger partial charge in [-0.25, -0.2) is 0 Å².